The minimum Gasteiger partial charge on any atom is -0.308 e. The fourth-order valence-corrected chi connectivity index (χ4v) is 3.66. The normalized spacial score (nSPS) is 10.8. The number of nitrogens with two attached hydrogens (primary N) is 1. The topological polar surface area (TPSA) is 63.8 Å². The van der Waals surface area contributed by atoms with Crippen LogP contribution >= 0.6 is 23.1 Å². The predicted molar refractivity (Wildman–Crippen MR) is 81.2 cm³/mol. The highest BCUT2D eigenvalue weighted by atomic mass is 32.2. The first kappa shape index (κ1) is 12.4. The van der Waals surface area contributed by atoms with Gasteiger partial charge in [0.25, 0.3) is 0 Å². The van der Waals surface area contributed by atoms with Crippen molar-refractivity contribution < 1.29 is 0 Å². The molecule has 0 saturated carbocycles. The number of nitrogens with zero attached hydrogens (tertiary/aromatic N) is 2. The van der Waals surface area contributed by atoms with E-state index in [2.05, 4.69) is 21.5 Å². The number of benzene rings is 1. The number of nitrogens with one attached hydrogen (secondary N) is 1. The van der Waals surface area contributed by atoms with E-state index in [-0.39, 0.29) is 0 Å². The molecular weight excluding hydrogens is 276 g/mol. The Hall–Kier alpha value is -1.63. The lowest BCUT2D eigenvalue weighted by molar-refractivity contribution is 1.14. The number of hydrogen-bond acceptors (Lipinski definition) is 6. The molecule has 2 heterocycles. The zero-order valence-electron chi connectivity index (χ0n) is 10.0. The average molecular weight is 288 g/mol. The van der Waals surface area contributed by atoms with Crippen LogP contribution in [0, 0.1) is 0 Å². The maximum Gasteiger partial charge on any atom is 0.151 e. The second-order valence-electron chi connectivity index (χ2n) is 3.89. The lowest BCUT2D eigenvalue weighted by Gasteiger charge is -2.01. The summed E-state index contributed by atoms with van der Waals surface area (Å²) >= 11 is 3.40. The Morgan fingerprint density at radius 2 is 2.00 bits per heavy atom. The molecular formula is C13H12N4S2. The molecule has 3 N–H and O–H groups in total. The van der Waals surface area contributed by atoms with Crippen LogP contribution in [-0.2, 0) is 5.75 Å². The summed E-state index contributed by atoms with van der Waals surface area (Å²) < 4.78 is 2.28. The Morgan fingerprint density at radius 3 is 2.84 bits per heavy atom. The summed E-state index contributed by atoms with van der Waals surface area (Å²) in [5.41, 5.74) is 4.60. The molecule has 96 valence electrons. The Balaban J connectivity index is 1.74. The minimum atomic E-state index is 0.683. The highest BCUT2D eigenvalue weighted by molar-refractivity contribution is 8.00. The van der Waals surface area contributed by atoms with Crippen molar-refractivity contribution in [2.24, 2.45) is 5.84 Å². The highest BCUT2D eigenvalue weighted by Crippen LogP contribution is 2.31. The largest absolute Gasteiger partial charge is 0.308 e. The Bertz CT molecular complexity index is 663. The van der Waals surface area contributed by atoms with Gasteiger partial charge in [-0.2, -0.15) is 0 Å². The number of fused-ring (bicyclic) bond motifs is 1. The van der Waals surface area contributed by atoms with E-state index in [0.29, 0.717) is 5.82 Å². The third-order valence-electron chi connectivity index (χ3n) is 2.57. The van der Waals surface area contributed by atoms with Crippen LogP contribution in [0.1, 0.15) is 5.69 Å². The lowest BCUT2D eigenvalue weighted by Crippen LogP contribution is -2.08. The number of thiazole rings is 1. The molecule has 3 aromatic rings. The minimum absolute atomic E-state index is 0.683. The maximum absolute atomic E-state index is 5.35. The van der Waals surface area contributed by atoms with Crippen molar-refractivity contribution in [3.63, 3.8) is 0 Å². The molecule has 3 rings (SSSR count). The van der Waals surface area contributed by atoms with Crippen LogP contribution in [0.25, 0.3) is 10.2 Å². The third-order valence-corrected chi connectivity index (χ3v) is 4.79. The Labute approximate surface area is 119 Å². The first-order valence-corrected chi connectivity index (χ1v) is 7.56. The molecule has 1 aromatic carbocycles. The number of thioether (sulfide) groups is 1. The van der Waals surface area contributed by atoms with Crippen LogP contribution in [0.2, 0.25) is 0 Å². The quantitative estimate of drug-likeness (QED) is 0.438. The zero-order chi connectivity index (χ0) is 13.1. The van der Waals surface area contributed by atoms with E-state index in [1.54, 1.807) is 23.1 Å². The standard InChI is InChI=1S/C13H12N4S2/c14-17-12-7-3-4-9(15-12)8-18-13-16-10-5-1-2-6-11(10)19-13/h1-7H,8,14H2,(H,15,17). The summed E-state index contributed by atoms with van der Waals surface area (Å²) in [6.45, 7) is 0. The Kier molecular flexibility index (Phi) is 3.63. The van der Waals surface area contributed by atoms with E-state index in [9.17, 15) is 0 Å². The zero-order valence-corrected chi connectivity index (χ0v) is 11.7. The van der Waals surface area contributed by atoms with Crippen LogP contribution < -0.4 is 11.3 Å². The number of rotatable bonds is 4. The lowest BCUT2D eigenvalue weighted by atomic mass is 10.3. The van der Waals surface area contributed by atoms with Gasteiger partial charge in [-0.25, -0.2) is 15.8 Å². The highest BCUT2D eigenvalue weighted by Gasteiger charge is 2.05. The van der Waals surface area contributed by atoms with E-state index >= 15 is 0 Å². The average Bonchev–Trinajstić information content (AvgIpc) is 2.88. The molecule has 2 aromatic heterocycles. The molecule has 0 saturated heterocycles. The van der Waals surface area contributed by atoms with E-state index in [0.717, 1.165) is 21.3 Å². The van der Waals surface area contributed by atoms with E-state index in [1.807, 2.05) is 36.4 Å². The smallest absolute Gasteiger partial charge is 0.151 e. The van der Waals surface area contributed by atoms with E-state index in [4.69, 9.17) is 5.84 Å². The molecule has 0 atom stereocenters. The second kappa shape index (κ2) is 5.56. The molecule has 0 aliphatic rings. The van der Waals surface area contributed by atoms with Crippen LogP contribution in [0.15, 0.2) is 46.8 Å². The molecule has 0 fully saturated rings. The number of pyridine rings is 1. The molecule has 0 spiro atoms. The maximum atomic E-state index is 5.35. The number of nitrogen functional groups attached to an aromatic ring is 1. The van der Waals surface area contributed by atoms with Gasteiger partial charge >= 0.3 is 0 Å². The van der Waals surface area contributed by atoms with Crippen LogP contribution in [-0.4, -0.2) is 9.97 Å². The van der Waals surface area contributed by atoms with Gasteiger partial charge in [-0.15, -0.1) is 11.3 Å². The molecule has 0 aliphatic carbocycles. The fraction of sp³-hybridized carbons (Fsp3) is 0.0769. The molecule has 0 unspecified atom stereocenters. The van der Waals surface area contributed by atoms with Crippen molar-refractivity contribution in [2.45, 2.75) is 10.1 Å². The fourth-order valence-electron chi connectivity index (χ4n) is 1.69. The molecule has 4 nitrogen and oxygen atoms in total. The molecule has 0 radical (unpaired) electrons. The van der Waals surface area contributed by atoms with Gasteiger partial charge in [0.1, 0.15) is 5.82 Å². The van der Waals surface area contributed by atoms with Gasteiger partial charge in [-0.1, -0.05) is 30.0 Å². The van der Waals surface area contributed by atoms with Gasteiger partial charge in [-0.3, -0.25) is 0 Å². The molecule has 0 aliphatic heterocycles. The molecule has 6 heteroatoms. The number of anilines is 1. The van der Waals surface area contributed by atoms with E-state index in [1.165, 1.54) is 4.70 Å². The van der Waals surface area contributed by atoms with Crippen molar-refractivity contribution >= 4 is 39.1 Å². The number of hydrazine groups is 1. The number of para-hydroxylation sites is 1. The summed E-state index contributed by atoms with van der Waals surface area (Å²) in [4.78, 5) is 8.96. The summed E-state index contributed by atoms with van der Waals surface area (Å²) in [5, 5.41) is 0. The van der Waals surface area contributed by atoms with Crippen molar-refractivity contribution in [1.29, 1.82) is 0 Å². The summed E-state index contributed by atoms with van der Waals surface area (Å²) in [5.74, 6) is 6.82. The van der Waals surface area contributed by atoms with Crippen molar-refractivity contribution in [1.82, 2.24) is 9.97 Å². The second-order valence-corrected chi connectivity index (χ2v) is 6.15. The van der Waals surface area contributed by atoms with Gasteiger partial charge in [0.2, 0.25) is 0 Å². The number of hydrogen-bond donors (Lipinski definition) is 2. The summed E-state index contributed by atoms with van der Waals surface area (Å²) in [7, 11) is 0. The molecule has 0 bridgehead atoms. The van der Waals surface area contributed by atoms with Gasteiger partial charge in [-0.05, 0) is 24.3 Å². The third kappa shape index (κ3) is 2.86. The van der Waals surface area contributed by atoms with Crippen molar-refractivity contribution in [3.8, 4) is 0 Å². The monoisotopic (exact) mass is 288 g/mol. The van der Waals surface area contributed by atoms with E-state index < -0.39 is 0 Å². The van der Waals surface area contributed by atoms with Gasteiger partial charge in [0, 0.05) is 5.75 Å². The van der Waals surface area contributed by atoms with Crippen molar-refractivity contribution in [3.05, 3.63) is 48.2 Å². The van der Waals surface area contributed by atoms with Crippen LogP contribution in [0.3, 0.4) is 0 Å². The van der Waals surface area contributed by atoms with Gasteiger partial charge < -0.3 is 5.43 Å². The van der Waals surface area contributed by atoms with Crippen molar-refractivity contribution in [2.75, 3.05) is 5.43 Å². The first-order chi connectivity index (χ1) is 9.35. The molecule has 0 amide bonds. The number of aromatic nitrogens is 2. The summed E-state index contributed by atoms with van der Waals surface area (Å²) in [6.07, 6.45) is 0. The van der Waals surface area contributed by atoms with Gasteiger partial charge in [0.05, 0.1) is 15.9 Å². The Morgan fingerprint density at radius 1 is 1.11 bits per heavy atom. The predicted octanol–water partition coefficient (Wildman–Crippen LogP) is 3.27. The van der Waals surface area contributed by atoms with Crippen LogP contribution in [0.4, 0.5) is 5.82 Å². The SMILES string of the molecule is NNc1cccc(CSc2nc3ccccc3s2)n1. The van der Waals surface area contributed by atoms with Crippen LogP contribution in [0.5, 0.6) is 0 Å². The first-order valence-electron chi connectivity index (χ1n) is 5.76. The molecule has 19 heavy (non-hydrogen) atoms. The van der Waals surface area contributed by atoms with Gasteiger partial charge in [0.15, 0.2) is 4.34 Å². The summed E-state index contributed by atoms with van der Waals surface area (Å²) in [6, 6.07) is 13.9.